The predicted molar refractivity (Wildman–Crippen MR) is 47.7 cm³/mol. The van der Waals surface area contributed by atoms with Crippen LogP contribution in [0.1, 0.15) is 19.9 Å². The van der Waals surface area contributed by atoms with Crippen LogP contribution in [-0.2, 0) is 0 Å². The molecule has 0 aliphatic heterocycles. The number of nitrogens with zero attached hydrogens (tertiary/aromatic N) is 2. The van der Waals surface area contributed by atoms with Crippen LogP contribution >= 0.6 is 0 Å². The Bertz CT molecular complexity index is 381. The molecule has 0 saturated carbocycles. The van der Waals surface area contributed by atoms with E-state index in [1.54, 1.807) is 20.0 Å². The lowest BCUT2D eigenvalue weighted by Gasteiger charge is -2.07. The zero-order valence-electron chi connectivity index (χ0n) is 7.43. The van der Waals surface area contributed by atoms with Crippen LogP contribution in [0.4, 0.5) is 5.69 Å². The summed E-state index contributed by atoms with van der Waals surface area (Å²) in [5, 5.41) is 10.4. The molecule has 0 fully saturated rings. The number of nitro groups is 1. The van der Waals surface area contributed by atoms with Gasteiger partial charge in [0.15, 0.2) is 0 Å². The Labute approximate surface area is 74.8 Å². The third-order valence-corrected chi connectivity index (χ3v) is 1.71. The summed E-state index contributed by atoms with van der Waals surface area (Å²) in [6, 6.07) is 2.65. The first-order valence-corrected chi connectivity index (χ1v) is 3.89. The fraction of sp³-hybridized carbons (Fsp3) is 0.375. The van der Waals surface area contributed by atoms with Crippen molar-refractivity contribution in [2.45, 2.75) is 19.9 Å². The standard InChI is InChI=1S/C8H10N2O3/c1-6(2)9-5-3-4-7(8(9)11)10(12)13/h3-6H,1-2H3. The third kappa shape index (κ3) is 1.74. The molecule has 70 valence electrons. The highest BCUT2D eigenvalue weighted by molar-refractivity contribution is 5.25. The second kappa shape index (κ2) is 3.38. The van der Waals surface area contributed by atoms with Crippen molar-refractivity contribution < 1.29 is 4.92 Å². The van der Waals surface area contributed by atoms with Gasteiger partial charge in [0.25, 0.3) is 0 Å². The monoisotopic (exact) mass is 182 g/mol. The number of hydrogen-bond donors (Lipinski definition) is 0. The van der Waals surface area contributed by atoms with Gasteiger partial charge in [-0.15, -0.1) is 0 Å². The smallest absolute Gasteiger partial charge is 0.307 e. The van der Waals surface area contributed by atoms with Gasteiger partial charge in [-0.1, -0.05) is 0 Å². The van der Waals surface area contributed by atoms with Crippen LogP contribution in [0.3, 0.4) is 0 Å². The molecule has 0 radical (unpaired) electrons. The summed E-state index contributed by atoms with van der Waals surface area (Å²) < 4.78 is 1.33. The molecule has 0 aliphatic rings. The maximum atomic E-state index is 11.4. The summed E-state index contributed by atoms with van der Waals surface area (Å²) in [5.41, 5.74) is -0.932. The zero-order valence-corrected chi connectivity index (χ0v) is 7.43. The maximum absolute atomic E-state index is 11.4. The van der Waals surface area contributed by atoms with Crippen molar-refractivity contribution in [1.29, 1.82) is 0 Å². The van der Waals surface area contributed by atoms with Crippen molar-refractivity contribution in [3.8, 4) is 0 Å². The van der Waals surface area contributed by atoms with E-state index in [0.29, 0.717) is 0 Å². The molecule has 0 aliphatic carbocycles. The summed E-state index contributed by atoms with van der Waals surface area (Å²) in [7, 11) is 0. The summed E-state index contributed by atoms with van der Waals surface area (Å²) in [6.07, 6.45) is 1.54. The van der Waals surface area contributed by atoms with Crippen LogP contribution in [0.25, 0.3) is 0 Å². The first kappa shape index (κ1) is 9.44. The van der Waals surface area contributed by atoms with Gasteiger partial charge in [-0.05, 0) is 19.9 Å². The van der Waals surface area contributed by atoms with Crippen LogP contribution in [-0.4, -0.2) is 9.49 Å². The van der Waals surface area contributed by atoms with E-state index < -0.39 is 10.5 Å². The molecule has 1 heterocycles. The molecule has 1 aromatic rings. The predicted octanol–water partition coefficient (Wildman–Crippen LogP) is 1.34. The van der Waals surface area contributed by atoms with E-state index in [0.717, 1.165) is 0 Å². The molecule has 0 amide bonds. The first-order chi connectivity index (χ1) is 6.04. The summed E-state index contributed by atoms with van der Waals surface area (Å²) in [6.45, 7) is 3.59. The fourth-order valence-electron chi connectivity index (χ4n) is 1.04. The van der Waals surface area contributed by atoms with Gasteiger partial charge in [-0.25, -0.2) is 0 Å². The van der Waals surface area contributed by atoms with E-state index in [4.69, 9.17) is 0 Å². The van der Waals surface area contributed by atoms with Crippen molar-refractivity contribution in [3.05, 3.63) is 38.8 Å². The lowest BCUT2D eigenvalue weighted by molar-refractivity contribution is -0.386. The first-order valence-electron chi connectivity index (χ1n) is 3.89. The largest absolute Gasteiger partial charge is 0.334 e. The lowest BCUT2D eigenvalue weighted by atomic mass is 10.3. The average molecular weight is 182 g/mol. The molecule has 0 aromatic carbocycles. The van der Waals surface area contributed by atoms with Crippen molar-refractivity contribution in [2.24, 2.45) is 0 Å². The van der Waals surface area contributed by atoms with Crippen LogP contribution in [0.2, 0.25) is 0 Å². The van der Waals surface area contributed by atoms with E-state index in [2.05, 4.69) is 0 Å². The molecule has 0 saturated heterocycles. The van der Waals surface area contributed by atoms with Crippen LogP contribution < -0.4 is 5.56 Å². The van der Waals surface area contributed by atoms with E-state index in [-0.39, 0.29) is 11.7 Å². The second-order valence-electron chi connectivity index (χ2n) is 2.96. The Morgan fingerprint density at radius 1 is 1.54 bits per heavy atom. The van der Waals surface area contributed by atoms with E-state index in [9.17, 15) is 14.9 Å². The Kier molecular flexibility index (Phi) is 2.46. The molecule has 1 rings (SSSR count). The number of hydrogen-bond acceptors (Lipinski definition) is 3. The summed E-state index contributed by atoms with van der Waals surface area (Å²) in [5.74, 6) is 0. The second-order valence-corrected chi connectivity index (χ2v) is 2.96. The topological polar surface area (TPSA) is 65.1 Å². The van der Waals surface area contributed by atoms with Crippen LogP contribution in [0.5, 0.6) is 0 Å². The minimum atomic E-state index is -0.665. The molecular weight excluding hydrogens is 172 g/mol. The van der Waals surface area contributed by atoms with Gasteiger partial charge in [-0.3, -0.25) is 14.9 Å². The van der Waals surface area contributed by atoms with Gasteiger partial charge in [0.1, 0.15) is 0 Å². The number of rotatable bonds is 2. The Morgan fingerprint density at radius 2 is 2.15 bits per heavy atom. The SMILES string of the molecule is CC(C)n1cccc([N+](=O)[O-])c1=O. The van der Waals surface area contributed by atoms with Crippen LogP contribution in [0, 0.1) is 10.1 Å². The molecule has 1 aromatic heterocycles. The molecule has 5 heteroatoms. The molecule has 0 bridgehead atoms. The van der Waals surface area contributed by atoms with Crippen molar-refractivity contribution in [3.63, 3.8) is 0 Å². The quantitative estimate of drug-likeness (QED) is 0.512. The van der Waals surface area contributed by atoms with E-state index >= 15 is 0 Å². The highest BCUT2D eigenvalue weighted by atomic mass is 16.6. The van der Waals surface area contributed by atoms with Crippen LogP contribution in [0.15, 0.2) is 23.1 Å². The van der Waals surface area contributed by atoms with Crippen molar-refractivity contribution in [1.82, 2.24) is 4.57 Å². The van der Waals surface area contributed by atoms with E-state index in [1.165, 1.54) is 16.7 Å². The average Bonchev–Trinajstić information content (AvgIpc) is 2.03. The third-order valence-electron chi connectivity index (χ3n) is 1.71. The Hall–Kier alpha value is -1.65. The Balaban J connectivity index is 3.36. The van der Waals surface area contributed by atoms with Gasteiger partial charge in [0.2, 0.25) is 0 Å². The number of pyridine rings is 1. The molecule has 0 unspecified atom stereocenters. The summed E-state index contributed by atoms with van der Waals surface area (Å²) >= 11 is 0. The van der Waals surface area contributed by atoms with Crippen molar-refractivity contribution >= 4 is 5.69 Å². The van der Waals surface area contributed by atoms with Gasteiger partial charge >= 0.3 is 11.2 Å². The maximum Gasteiger partial charge on any atom is 0.334 e. The zero-order chi connectivity index (χ0) is 10.0. The fourth-order valence-corrected chi connectivity index (χ4v) is 1.04. The van der Waals surface area contributed by atoms with Gasteiger partial charge in [0.05, 0.1) is 4.92 Å². The minimum Gasteiger partial charge on any atom is -0.307 e. The molecule has 0 N–H and O–H groups in total. The summed E-state index contributed by atoms with van der Waals surface area (Å²) in [4.78, 5) is 21.1. The van der Waals surface area contributed by atoms with E-state index in [1.807, 2.05) is 0 Å². The van der Waals surface area contributed by atoms with Gasteiger partial charge in [-0.2, -0.15) is 0 Å². The molecule has 0 atom stereocenters. The van der Waals surface area contributed by atoms with Gasteiger partial charge in [0, 0.05) is 18.3 Å². The highest BCUT2D eigenvalue weighted by Crippen LogP contribution is 2.05. The highest BCUT2D eigenvalue weighted by Gasteiger charge is 2.14. The molecule has 0 spiro atoms. The molecular formula is C8H10N2O3. The molecule has 5 nitrogen and oxygen atoms in total. The normalized spacial score (nSPS) is 10.4. The van der Waals surface area contributed by atoms with Gasteiger partial charge < -0.3 is 4.57 Å². The lowest BCUT2D eigenvalue weighted by Crippen LogP contribution is -2.23. The minimum absolute atomic E-state index is 0.0626. The number of aromatic nitrogens is 1. The molecule has 13 heavy (non-hydrogen) atoms. The Morgan fingerprint density at radius 3 is 2.62 bits per heavy atom. The van der Waals surface area contributed by atoms with Crippen molar-refractivity contribution in [2.75, 3.05) is 0 Å².